The van der Waals surface area contributed by atoms with E-state index in [-0.39, 0.29) is 11.6 Å². The van der Waals surface area contributed by atoms with Gasteiger partial charge in [0.2, 0.25) is 11.6 Å². The minimum Gasteiger partial charge on any atom is -0.285 e. The number of aryl methyl sites for hydroxylation is 2. The standard InChI is InChI=1S/C16H13N3O/c1-10-8-17-16(18-9-10)15(20)13-5-6-14-12(7-13)4-3-11(2)19-14/h3-9H,1-2H3. The molecule has 0 atom stereocenters. The number of rotatable bonds is 2. The Balaban J connectivity index is 2.03. The van der Waals surface area contributed by atoms with Crippen LogP contribution in [0.1, 0.15) is 27.4 Å². The molecule has 4 nitrogen and oxygen atoms in total. The zero-order valence-corrected chi connectivity index (χ0v) is 11.3. The van der Waals surface area contributed by atoms with Gasteiger partial charge in [-0.05, 0) is 43.7 Å². The van der Waals surface area contributed by atoms with Gasteiger partial charge in [-0.25, -0.2) is 9.97 Å². The Morgan fingerprint density at radius 3 is 2.50 bits per heavy atom. The van der Waals surface area contributed by atoms with E-state index in [0.717, 1.165) is 22.2 Å². The number of fused-ring (bicyclic) bond motifs is 1. The summed E-state index contributed by atoms with van der Waals surface area (Å²) in [5.74, 6) is 0.0440. The van der Waals surface area contributed by atoms with Crippen LogP contribution in [0, 0.1) is 13.8 Å². The molecule has 0 N–H and O–H groups in total. The molecule has 3 rings (SSSR count). The Kier molecular flexibility index (Phi) is 2.99. The molecule has 0 spiro atoms. The maximum atomic E-state index is 12.3. The highest BCUT2D eigenvalue weighted by molar-refractivity contribution is 6.08. The molecule has 0 bridgehead atoms. The lowest BCUT2D eigenvalue weighted by atomic mass is 10.1. The summed E-state index contributed by atoms with van der Waals surface area (Å²) in [4.78, 5) is 24.9. The molecule has 4 heteroatoms. The van der Waals surface area contributed by atoms with Crippen LogP contribution in [0.4, 0.5) is 0 Å². The first-order chi connectivity index (χ1) is 9.63. The highest BCUT2D eigenvalue weighted by Crippen LogP contribution is 2.16. The zero-order chi connectivity index (χ0) is 14.1. The molecule has 0 aliphatic carbocycles. The number of ketones is 1. The Labute approximate surface area is 116 Å². The van der Waals surface area contributed by atoms with Crippen molar-refractivity contribution in [2.45, 2.75) is 13.8 Å². The fraction of sp³-hybridized carbons (Fsp3) is 0.125. The Morgan fingerprint density at radius 2 is 1.75 bits per heavy atom. The molecule has 1 aromatic carbocycles. The fourth-order valence-corrected chi connectivity index (χ4v) is 2.01. The van der Waals surface area contributed by atoms with E-state index in [2.05, 4.69) is 15.0 Å². The van der Waals surface area contributed by atoms with Crippen LogP contribution in [0.5, 0.6) is 0 Å². The summed E-state index contributed by atoms with van der Waals surface area (Å²) < 4.78 is 0. The molecule has 0 saturated heterocycles. The van der Waals surface area contributed by atoms with Gasteiger partial charge in [-0.15, -0.1) is 0 Å². The van der Waals surface area contributed by atoms with Crippen LogP contribution < -0.4 is 0 Å². The molecular formula is C16H13N3O. The van der Waals surface area contributed by atoms with Gasteiger partial charge in [-0.1, -0.05) is 6.07 Å². The highest BCUT2D eigenvalue weighted by atomic mass is 16.1. The summed E-state index contributed by atoms with van der Waals surface area (Å²) >= 11 is 0. The number of carbonyl (C=O) groups is 1. The van der Waals surface area contributed by atoms with E-state index >= 15 is 0 Å². The van der Waals surface area contributed by atoms with E-state index in [1.54, 1.807) is 18.5 Å². The Morgan fingerprint density at radius 1 is 1.00 bits per heavy atom. The lowest BCUT2D eigenvalue weighted by molar-refractivity contribution is 0.102. The van der Waals surface area contributed by atoms with Crippen LogP contribution >= 0.6 is 0 Å². The fourth-order valence-electron chi connectivity index (χ4n) is 2.01. The van der Waals surface area contributed by atoms with Crippen molar-refractivity contribution in [3.63, 3.8) is 0 Å². The van der Waals surface area contributed by atoms with E-state index in [0.29, 0.717) is 5.56 Å². The van der Waals surface area contributed by atoms with Gasteiger partial charge in [0.05, 0.1) is 5.52 Å². The van der Waals surface area contributed by atoms with E-state index in [1.165, 1.54) is 0 Å². The molecule has 98 valence electrons. The number of aromatic nitrogens is 3. The van der Waals surface area contributed by atoms with E-state index in [4.69, 9.17) is 0 Å². The van der Waals surface area contributed by atoms with Crippen LogP contribution in [0.2, 0.25) is 0 Å². The molecule has 0 amide bonds. The van der Waals surface area contributed by atoms with Crippen molar-refractivity contribution in [1.29, 1.82) is 0 Å². The molecule has 0 aliphatic heterocycles. The minimum absolute atomic E-state index is 0.174. The second-order valence-electron chi connectivity index (χ2n) is 4.77. The van der Waals surface area contributed by atoms with Crippen molar-refractivity contribution in [3.8, 4) is 0 Å². The molecule has 2 heterocycles. The summed E-state index contributed by atoms with van der Waals surface area (Å²) in [5.41, 5.74) is 3.34. The average molecular weight is 263 g/mol. The largest absolute Gasteiger partial charge is 0.285 e. The average Bonchev–Trinajstić information content (AvgIpc) is 2.47. The first-order valence-corrected chi connectivity index (χ1v) is 6.34. The molecule has 0 radical (unpaired) electrons. The molecular weight excluding hydrogens is 250 g/mol. The van der Waals surface area contributed by atoms with Gasteiger partial charge in [-0.2, -0.15) is 0 Å². The second-order valence-corrected chi connectivity index (χ2v) is 4.77. The molecule has 0 aliphatic rings. The molecule has 0 fully saturated rings. The van der Waals surface area contributed by atoms with Gasteiger partial charge in [-0.3, -0.25) is 9.78 Å². The molecule has 2 aromatic heterocycles. The first kappa shape index (κ1) is 12.4. The van der Waals surface area contributed by atoms with Crippen molar-refractivity contribution in [3.05, 3.63) is 65.4 Å². The number of nitrogens with zero attached hydrogens (tertiary/aromatic N) is 3. The molecule has 0 unspecified atom stereocenters. The van der Waals surface area contributed by atoms with Crippen molar-refractivity contribution in [2.75, 3.05) is 0 Å². The summed E-state index contributed by atoms with van der Waals surface area (Å²) in [7, 11) is 0. The van der Waals surface area contributed by atoms with Crippen molar-refractivity contribution in [1.82, 2.24) is 15.0 Å². The summed E-state index contributed by atoms with van der Waals surface area (Å²) in [6.45, 7) is 3.83. The summed E-state index contributed by atoms with van der Waals surface area (Å²) in [6, 6.07) is 9.33. The summed E-state index contributed by atoms with van der Waals surface area (Å²) in [6.07, 6.45) is 3.29. The lowest BCUT2D eigenvalue weighted by Crippen LogP contribution is -2.07. The van der Waals surface area contributed by atoms with Crippen LogP contribution in [0.25, 0.3) is 10.9 Å². The third kappa shape index (κ3) is 2.28. The molecule has 3 aromatic rings. The third-order valence-corrected chi connectivity index (χ3v) is 3.07. The quantitative estimate of drug-likeness (QED) is 0.667. The topological polar surface area (TPSA) is 55.7 Å². The van der Waals surface area contributed by atoms with Crippen LogP contribution in [-0.2, 0) is 0 Å². The molecule has 0 saturated carbocycles. The molecule has 20 heavy (non-hydrogen) atoms. The maximum Gasteiger partial charge on any atom is 0.230 e. The number of hydrogen-bond acceptors (Lipinski definition) is 4. The Hall–Kier alpha value is -2.62. The summed E-state index contributed by atoms with van der Waals surface area (Å²) in [5, 5.41) is 0.938. The van der Waals surface area contributed by atoms with E-state index in [1.807, 2.05) is 38.1 Å². The normalized spacial score (nSPS) is 10.7. The van der Waals surface area contributed by atoms with Crippen molar-refractivity contribution in [2.24, 2.45) is 0 Å². The number of carbonyl (C=O) groups excluding carboxylic acids is 1. The van der Waals surface area contributed by atoms with Crippen molar-refractivity contribution >= 4 is 16.7 Å². The van der Waals surface area contributed by atoms with E-state index in [9.17, 15) is 4.79 Å². The number of pyridine rings is 1. The zero-order valence-electron chi connectivity index (χ0n) is 11.3. The number of hydrogen-bond donors (Lipinski definition) is 0. The first-order valence-electron chi connectivity index (χ1n) is 6.34. The van der Waals surface area contributed by atoms with Gasteiger partial charge >= 0.3 is 0 Å². The van der Waals surface area contributed by atoms with Gasteiger partial charge in [0, 0.05) is 29.0 Å². The van der Waals surface area contributed by atoms with Crippen molar-refractivity contribution < 1.29 is 4.79 Å². The third-order valence-electron chi connectivity index (χ3n) is 3.07. The monoisotopic (exact) mass is 263 g/mol. The Bertz CT molecular complexity index is 794. The highest BCUT2D eigenvalue weighted by Gasteiger charge is 2.12. The predicted molar refractivity (Wildman–Crippen MR) is 76.7 cm³/mol. The second kappa shape index (κ2) is 4.81. The van der Waals surface area contributed by atoms with Crippen LogP contribution in [0.15, 0.2) is 42.7 Å². The van der Waals surface area contributed by atoms with Gasteiger partial charge in [0.1, 0.15) is 0 Å². The number of benzene rings is 1. The smallest absolute Gasteiger partial charge is 0.230 e. The van der Waals surface area contributed by atoms with Crippen LogP contribution in [-0.4, -0.2) is 20.7 Å². The minimum atomic E-state index is -0.174. The van der Waals surface area contributed by atoms with E-state index < -0.39 is 0 Å². The maximum absolute atomic E-state index is 12.3. The van der Waals surface area contributed by atoms with Gasteiger partial charge in [0.15, 0.2) is 0 Å². The van der Waals surface area contributed by atoms with Gasteiger partial charge in [0.25, 0.3) is 0 Å². The van der Waals surface area contributed by atoms with Gasteiger partial charge < -0.3 is 0 Å². The van der Waals surface area contributed by atoms with Crippen LogP contribution in [0.3, 0.4) is 0 Å². The lowest BCUT2D eigenvalue weighted by Gasteiger charge is -2.03. The SMILES string of the molecule is Cc1cnc(C(=O)c2ccc3nc(C)ccc3c2)nc1. The predicted octanol–water partition coefficient (Wildman–Crippen LogP) is 2.87.